The van der Waals surface area contributed by atoms with Crippen LogP contribution in [0.5, 0.6) is 11.5 Å². The van der Waals surface area contributed by atoms with Gasteiger partial charge in [-0.2, -0.15) is 0 Å². The van der Waals surface area contributed by atoms with E-state index in [0.717, 1.165) is 0 Å². The summed E-state index contributed by atoms with van der Waals surface area (Å²) in [6, 6.07) is 4.92. The fourth-order valence-electron chi connectivity index (χ4n) is 2.22. The van der Waals surface area contributed by atoms with Crippen LogP contribution in [0, 0.1) is 0 Å². The monoisotopic (exact) mass is 278 g/mol. The normalized spacial score (nSPS) is 15.8. The van der Waals surface area contributed by atoms with E-state index < -0.39 is 5.97 Å². The highest BCUT2D eigenvalue weighted by molar-refractivity contribution is 5.90. The summed E-state index contributed by atoms with van der Waals surface area (Å²) in [7, 11) is 2.88. The smallest absolute Gasteiger partial charge is 0.337 e. The first-order chi connectivity index (χ1) is 9.63. The number of hydrogen-bond acceptors (Lipinski definition) is 5. The summed E-state index contributed by atoms with van der Waals surface area (Å²) in [6.07, 6.45) is 2.47. The fourth-order valence-corrected chi connectivity index (χ4v) is 2.22. The van der Waals surface area contributed by atoms with Gasteiger partial charge in [0, 0.05) is 12.8 Å². The molecular weight excluding hydrogens is 260 g/mol. The molecule has 0 heterocycles. The molecule has 0 saturated heterocycles. The van der Waals surface area contributed by atoms with E-state index >= 15 is 0 Å². The van der Waals surface area contributed by atoms with Crippen LogP contribution in [-0.2, 0) is 9.53 Å². The summed E-state index contributed by atoms with van der Waals surface area (Å²) in [5.41, 5.74) is 0.412. The van der Waals surface area contributed by atoms with Crippen molar-refractivity contribution in [2.75, 3.05) is 14.2 Å². The van der Waals surface area contributed by atoms with Crippen LogP contribution in [0.3, 0.4) is 0 Å². The van der Waals surface area contributed by atoms with Gasteiger partial charge in [0.15, 0.2) is 11.5 Å². The van der Waals surface area contributed by atoms with Gasteiger partial charge >= 0.3 is 5.97 Å². The van der Waals surface area contributed by atoms with Gasteiger partial charge in [-0.15, -0.1) is 0 Å². The van der Waals surface area contributed by atoms with Gasteiger partial charge in [0.2, 0.25) is 0 Å². The molecule has 0 aromatic heterocycles. The van der Waals surface area contributed by atoms with E-state index in [1.54, 1.807) is 25.3 Å². The molecule has 0 radical (unpaired) electrons. The minimum Gasteiger partial charge on any atom is -0.493 e. The largest absolute Gasteiger partial charge is 0.493 e. The minimum absolute atomic E-state index is 0.0190. The molecule has 0 N–H and O–H groups in total. The van der Waals surface area contributed by atoms with Gasteiger partial charge in [-0.1, -0.05) is 0 Å². The molecule has 0 atom stereocenters. The van der Waals surface area contributed by atoms with E-state index in [-0.39, 0.29) is 11.9 Å². The van der Waals surface area contributed by atoms with Crippen molar-refractivity contribution < 1.29 is 23.8 Å². The number of esters is 1. The van der Waals surface area contributed by atoms with E-state index in [2.05, 4.69) is 4.74 Å². The van der Waals surface area contributed by atoms with E-state index in [1.807, 2.05) is 0 Å². The van der Waals surface area contributed by atoms with Crippen molar-refractivity contribution >= 4 is 11.8 Å². The summed E-state index contributed by atoms with van der Waals surface area (Å²) >= 11 is 0. The molecule has 0 amide bonds. The Hall–Kier alpha value is -2.04. The zero-order chi connectivity index (χ0) is 14.5. The number of carbonyl (C=O) groups is 2. The lowest BCUT2D eigenvalue weighted by Gasteiger charge is -2.23. The van der Waals surface area contributed by atoms with Crippen molar-refractivity contribution in [2.45, 2.75) is 31.8 Å². The molecule has 1 aliphatic rings. The zero-order valence-corrected chi connectivity index (χ0v) is 11.7. The minimum atomic E-state index is -0.420. The van der Waals surface area contributed by atoms with Gasteiger partial charge in [-0.3, -0.25) is 4.79 Å². The third-order valence-corrected chi connectivity index (χ3v) is 3.37. The van der Waals surface area contributed by atoms with Crippen LogP contribution in [0.2, 0.25) is 0 Å². The Labute approximate surface area is 117 Å². The second-order valence-corrected chi connectivity index (χ2v) is 4.71. The molecule has 0 spiro atoms. The summed E-state index contributed by atoms with van der Waals surface area (Å²) < 4.78 is 15.8. The van der Waals surface area contributed by atoms with Gasteiger partial charge < -0.3 is 14.2 Å². The van der Waals surface area contributed by atoms with Crippen LogP contribution < -0.4 is 9.47 Å². The summed E-state index contributed by atoms with van der Waals surface area (Å²) in [5.74, 6) is 0.931. The molecule has 0 aliphatic heterocycles. The first kappa shape index (κ1) is 14.4. The Morgan fingerprint density at radius 2 is 1.85 bits per heavy atom. The molecule has 5 nitrogen and oxygen atoms in total. The van der Waals surface area contributed by atoms with Crippen LogP contribution in [0.4, 0.5) is 0 Å². The number of methoxy groups -OCH3 is 2. The molecule has 1 fully saturated rings. The average molecular weight is 278 g/mol. The molecule has 5 heteroatoms. The Kier molecular flexibility index (Phi) is 4.61. The standard InChI is InChI=1S/C15H18O5/c1-18-13-8-3-10(15(17)19-2)9-14(13)20-12-6-4-11(16)5-7-12/h3,8-9,12H,4-7H2,1-2H3. The van der Waals surface area contributed by atoms with Crippen LogP contribution in [0.1, 0.15) is 36.0 Å². The first-order valence-corrected chi connectivity index (χ1v) is 6.58. The zero-order valence-electron chi connectivity index (χ0n) is 11.7. The van der Waals surface area contributed by atoms with E-state index in [4.69, 9.17) is 9.47 Å². The number of carbonyl (C=O) groups excluding carboxylic acids is 2. The Morgan fingerprint density at radius 1 is 1.15 bits per heavy atom. The van der Waals surface area contributed by atoms with Crippen molar-refractivity contribution in [1.29, 1.82) is 0 Å². The highest BCUT2D eigenvalue weighted by atomic mass is 16.5. The highest BCUT2D eigenvalue weighted by Gasteiger charge is 2.22. The maximum atomic E-state index is 11.5. The summed E-state index contributed by atoms with van der Waals surface area (Å²) in [6.45, 7) is 0. The quantitative estimate of drug-likeness (QED) is 0.791. The van der Waals surface area contributed by atoms with Gasteiger partial charge in [-0.25, -0.2) is 4.79 Å². The maximum Gasteiger partial charge on any atom is 0.337 e. The molecule has 20 heavy (non-hydrogen) atoms. The molecule has 1 aromatic rings. The van der Waals surface area contributed by atoms with Crippen molar-refractivity contribution in [3.8, 4) is 11.5 Å². The molecule has 1 aromatic carbocycles. The lowest BCUT2D eigenvalue weighted by Crippen LogP contribution is -2.24. The fraction of sp³-hybridized carbons (Fsp3) is 0.467. The Morgan fingerprint density at radius 3 is 2.45 bits per heavy atom. The lowest BCUT2D eigenvalue weighted by atomic mass is 9.96. The molecule has 1 aliphatic carbocycles. The van der Waals surface area contributed by atoms with Crippen LogP contribution in [0.15, 0.2) is 18.2 Å². The second kappa shape index (κ2) is 6.41. The van der Waals surface area contributed by atoms with Crippen molar-refractivity contribution in [3.05, 3.63) is 23.8 Å². The number of Topliss-reactive ketones (excluding diaryl/α,β-unsaturated/α-hetero) is 1. The molecule has 0 bridgehead atoms. The number of ketones is 1. The molecule has 1 saturated carbocycles. The lowest BCUT2D eigenvalue weighted by molar-refractivity contribution is -0.121. The van der Waals surface area contributed by atoms with Crippen LogP contribution in [0.25, 0.3) is 0 Å². The Bertz CT molecular complexity index is 499. The van der Waals surface area contributed by atoms with Gasteiger partial charge in [0.1, 0.15) is 5.78 Å². The van der Waals surface area contributed by atoms with Gasteiger partial charge in [0.05, 0.1) is 25.9 Å². The second-order valence-electron chi connectivity index (χ2n) is 4.71. The van der Waals surface area contributed by atoms with E-state index in [0.29, 0.717) is 42.7 Å². The Balaban J connectivity index is 2.15. The van der Waals surface area contributed by atoms with Crippen molar-refractivity contribution in [1.82, 2.24) is 0 Å². The predicted octanol–water partition coefficient (Wildman–Crippen LogP) is 2.37. The van der Waals surface area contributed by atoms with Gasteiger partial charge in [-0.05, 0) is 31.0 Å². The van der Waals surface area contributed by atoms with Crippen LogP contribution in [-0.4, -0.2) is 32.1 Å². The van der Waals surface area contributed by atoms with E-state index in [1.165, 1.54) is 7.11 Å². The third kappa shape index (κ3) is 3.29. The van der Waals surface area contributed by atoms with Crippen molar-refractivity contribution in [3.63, 3.8) is 0 Å². The molecular formula is C15H18O5. The number of rotatable bonds is 4. The predicted molar refractivity (Wildman–Crippen MR) is 72.2 cm³/mol. The topological polar surface area (TPSA) is 61.8 Å². The number of benzene rings is 1. The number of hydrogen-bond donors (Lipinski definition) is 0. The first-order valence-electron chi connectivity index (χ1n) is 6.58. The number of ether oxygens (including phenoxy) is 3. The molecule has 108 valence electrons. The summed E-state index contributed by atoms with van der Waals surface area (Å²) in [5, 5.41) is 0. The average Bonchev–Trinajstić information content (AvgIpc) is 2.48. The van der Waals surface area contributed by atoms with Gasteiger partial charge in [0.25, 0.3) is 0 Å². The third-order valence-electron chi connectivity index (χ3n) is 3.37. The SMILES string of the molecule is COC(=O)c1ccc(OC)c(OC2CCC(=O)CC2)c1. The van der Waals surface area contributed by atoms with Crippen LogP contribution >= 0.6 is 0 Å². The summed E-state index contributed by atoms with van der Waals surface area (Å²) in [4.78, 5) is 22.8. The molecule has 2 rings (SSSR count). The van der Waals surface area contributed by atoms with Crippen molar-refractivity contribution in [2.24, 2.45) is 0 Å². The van der Waals surface area contributed by atoms with E-state index in [9.17, 15) is 9.59 Å². The highest BCUT2D eigenvalue weighted by Crippen LogP contribution is 2.31. The molecule has 0 unspecified atom stereocenters. The maximum absolute atomic E-state index is 11.5.